The van der Waals surface area contributed by atoms with E-state index in [9.17, 15) is 4.79 Å². The van der Waals surface area contributed by atoms with E-state index in [0.717, 1.165) is 37.4 Å². The molecule has 104 valence electrons. The predicted octanol–water partition coefficient (Wildman–Crippen LogP) is 2.51. The second kappa shape index (κ2) is 6.57. The summed E-state index contributed by atoms with van der Waals surface area (Å²) in [4.78, 5) is 14.0. The van der Waals surface area contributed by atoms with Crippen LogP contribution in [0.4, 0.5) is 11.4 Å². The van der Waals surface area contributed by atoms with Gasteiger partial charge in [0.2, 0.25) is 5.91 Å². The van der Waals surface area contributed by atoms with Crippen LogP contribution in [0, 0.1) is 5.92 Å². The number of anilines is 2. The van der Waals surface area contributed by atoms with E-state index < -0.39 is 0 Å². The molecule has 1 heterocycles. The molecule has 0 bridgehead atoms. The first-order chi connectivity index (χ1) is 9.15. The zero-order valence-corrected chi connectivity index (χ0v) is 11.7. The third kappa shape index (κ3) is 4.24. The first kappa shape index (κ1) is 13.9. The summed E-state index contributed by atoms with van der Waals surface area (Å²) in [5.74, 6) is 0.564. The van der Waals surface area contributed by atoms with Gasteiger partial charge in [-0.2, -0.15) is 0 Å². The number of hydrogen-bond donors (Lipinski definition) is 1. The van der Waals surface area contributed by atoms with Gasteiger partial charge in [-0.25, -0.2) is 0 Å². The maximum absolute atomic E-state index is 12.0. The van der Waals surface area contributed by atoms with Gasteiger partial charge >= 0.3 is 0 Å². The molecule has 0 spiro atoms. The minimum atomic E-state index is 0.0998. The number of carbonyl (C=O) groups excluding carboxylic acids is 1. The lowest BCUT2D eigenvalue weighted by molar-refractivity contribution is -0.117. The van der Waals surface area contributed by atoms with Crippen LogP contribution in [0.1, 0.15) is 19.3 Å². The van der Waals surface area contributed by atoms with Gasteiger partial charge in [-0.05, 0) is 37.0 Å². The molecule has 4 heteroatoms. The Bertz CT molecular complexity index is 426. The summed E-state index contributed by atoms with van der Waals surface area (Å²) in [5.41, 5.74) is 1.95. The smallest absolute Gasteiger partial charge is 0.224 e. The Hall–Kier alpha value is -1.55. The molecule has 1 aliphatic rings. The minimum Gasteiger partial charge on any atom is -0.381 e. The molecule has 0 aromatic heterocycles. The SMILES string of the molecule is CN(C)c1cccc(NC(=O)CC2CCOCC2)c1. The van der Waals surface area contributed by atoms with E-state index in [2.05, 4.69) is 5.32 Å². The van der Waals surface area contributed by atoms with E-state index >= 15 is 0 Å². The van der Waals surface area contributed by atoms with Gasteiger partial charge in [0.05, 0.1) is 0 Å². The lowest BCUT2D eigenvalue weighted by atomic mass is 9.96. The highest BCUT2D eigenvalue weighted by molar-refractivity contribution is 5.91. The molecule has 1 N–H and O–H groups in total. The Balaban J connectivity index is 1.89. The number of amides is 1. The third-order valence-corrected chi connectivity index (χ3v) is 3.46. The molecule has 19 heavy (non-hydrogen) atoms. The van der Waals surface area contributed by atoms with Gasteiger partial charge in [-0.3, -0.25) is 4.79 Å². The molecule has 0 saturated carbocycles. The molecule has 2 rings (SSSR count). The van der Waals surface area contributed by atoms with Crippen LogP contribution < -0.4 is 10.2 Å². The second-order valence-corrected chi connectivity index (χ2v) is 5.25. The number of ether oxygens (including phenoxy) is 1. The first-order valence-corrected chi connectivity index (χ1v) is 6.80. The Morgan fingerprint density at radius 2 is 2.11 bits per heavy atom. The van der Waals surface area contributed by atoms with Crippen molar-refractivity contribution in [3.8, 4) is 0 Å². The van der Waals surface area contributed by atoms with Crippen molar-refractivity contribution in [2.45, 2.75) is 19.3 Å². The topological polar surface area (TPSA) is 41.6 Å². The highest BCUT2D eigenvalue weighted by Crippen LogP contribution is 2.21. The van der Waals surface area contributed by atoms with Gasteiger partial charge in [0.25, 0.3) is 0 Å². The van der Waals surface area contributed by atoms with Crippen LogP contribution in [0.25, 0.3) is 0 Å². The molecule has 1 saturated heterocycles. The normalized spacial score (nSPS) is 16.1. The van der Waals surface area contributed by atoms with E-state index in [-0.39, 0.29) is 5.91 Å². The van der Waals surface area contributed by atoms with Crippen molar-refractivity contribution in [3.05, 3.63) is 24.3 Å². The zero-order valence-electron chi connectivity index (χ0n) is 11.7. The first-order valence-electron chi connectivity index (χ1n) is 6.80. The Morgan fingerprint density at radius 1 is 1.37 bits per heavy atom. The molecular weight excluding hydrogens is 240 g/mol. The summed E-state index contributed by atoms with van der Waals surface area (Å²) in [5, 5.41) is 2.98. The fourth-order valence-corrected chi connectivity index (χ4v) is 2.29. The van der Waals surface area contributed by atoms with E-state index in [4.69, 9.17) is 4.74 Å². The Morgan fingerprint density at radius 3 is 2.79 bits per heavy atom. The van der Waals surface area contributed by atoms with Crippen LogP contribution >= 0.6 is 0 Å². The number of hydrogen-bond acceptors (Lipinski definition) is 3. The number of carbonyl (C=O) groups is 1. The van der Waals surface area contributed by atoms with Crippen LogP contribution in [0.15, 0.2) is 24.3 Å². The number of nitrogens with zero attached hydrogens (tertiary/aromatic N) is 1. The summed E-state index contributed by atoms with van der Waals surface area (Å²) in [6, 6.07) is 7.89. The molecule has 0 atom stereocenters. The maximum atomic E-state index is 12.0. The van der Waals surface area contributed by atoms with E-state index in [1.54, 1.807) is 0 Å². The van der Waals surface area contributed by atoms with Gasteiger partial charge in [-0.1, -0.05) is 6.07 Å². The number of benzene rings is 1. The lowest BCUT2D eigenvalue weighted by Gasteiger charge is -2.21. The van der Waals surface area contributed by atoms with Gasteiger partial charge in [0, 0.05) is 45.1 Å². The van der Waals surface area contributed by atoms with Crippen LogP contribution in [-0.4, -0.2) is 33.2 Å². The molecule has 0 unspecified atom stereocenters. The molecule has 0 radical (unpaired) electrons. The molecule has 1 aromatic carbocycles. The summed E-state index contributed by atoms with van der Waals surface area (Å²) >= 11 is 0. The Labute approximate surface area is 114 Å². The zero-order chi connectivity index (χ0) is 13.7. The molecule has 1 fully saturated rings. The van der Waals surface area contributed by atoms with Crippen molar-refractivity contribution in [1.29, 1.82) is 0 Å². The monoisotopic (exact) mass is 262 g/mol. The molecule has 1 amide bonds. The van der Waals surface area contributed by atoms with Gasteiger partial charge in [-0.15, -0.1) is 0 Å². The van der Waals surface area contributed by atoms with Crippen molar-refractivity contribution in [1.82, 2.24) is 0 Å². The summed E-state index contributed by atoms with van der Waals surface area (Å²) in [6.45, 7) is 1.57. The molecule has 1 aromatic rings. The van der Waals surface area contributed by atoms with Crippen molar-refractivity contribution in [3.63, 3.8) is 0 Å². The lowest BCUT2D eigenvalue weighted by Crippen LogP contribution is -2.22. The molecule has 0 aliphatic carbocycles. The van der Waals surface area contributed by atoms with Crippen molar-refractivity contribution in [2.24, 2.45) is 5.92 Å². The fraction of sp³-hybridized carbons (Fsp3) is 0.533. The second-order valence-electron chi connectivity index (χ2n) is 5.25. The molecular formula is C15H22N2O2. The highest BCUT2D eigenvalue weighted by Gasteiger charge is 2.17. The van der Waals surface area contributed by atoms with Crippen LogP contribution in [0.5, 0.6) is 0 Å². The highest BCUT2D eigenvalue weighted by atomic mass is 16.5. The molecule has 1 aliphatic heterocycles. The number of rotatable bonds is 4. The number of nitrogens with one attached hydrogen (secondary N) is 1. The fourth-order valence-electron chi connectivity index (χ4n) is 2.29. The Kier molecular flexibility index (Phi) is 4.80. The van der Waals surface area contributed by atoms with E-state index in [1.165, 1.54) is 0 Å². The largest absolute Gasteiger partial charge is 0.381 e. The van der Waals surface area contributed by atoms with Crippen molar-refractivity contribution >= 4 is 17.3 Å². The van der Waals surface area contributed by atoms with Crippen LogP contribution in [-0.2, 0) is 9.53 Å². The average molecular weight is 262 g/mol. The summed E-state index contributed by atoms with van der Waals surface area (Å²) < 4.78 is 5.30. The average Bonchev–Trinajstić information content (AvgIpc) is 2.40. The van der Waals surface area contributed by atoms with Crippen molar-refractivity contribution in [2.75, 3.05) is 37.5 Å². The van der Waals surface area contributed by atoms with Crippen LogP contribution in [0.3, 0.4) is 0 Å². The van der Waals surface area contributed by atoms with Gasteiger partial charge < -0.3 is 15.0 Å². The predicted molar refractivity (Wildman–Crippen MR) is 77.6 cm³/mol. The standard InChI is InChI=1S/C15H22N2O2/c1-17(2)14-5-3-4-13(11-14)16-15(18)10-12-6-8-19-9-7-12/h3-5,11-12H,6-10H2,1-2H3,(H,16,18). The van der Waals surface area contributed by atoms with E-state index in [0.29, 0.717) is 12.3 Å². The third-order valence-electron chi connectivity index (χ3n) is 3.46. The minimum absolute atomic E-state index is 0.0998. The van der Waals surface area contributed by atoms with Crippen LogP contribution in [0.2, 0.25) is 0 Å². The summed E-state index contributed by atoms with van der Waals surface area (Å²) in [6.07, 6.45) is 2.58. The summed E-state index contributed by atoms with van der Waals surface area (Å²) in [7, 11) is 3.98. The quantitative estimate of drug-likeness (QED) is 0.906. The van der Waals surface area contributed by atoms with E-state index in [1.807, 2.05) is 43.3 Å². The van der Waals surface area contributed by atoms with Gasteiger partial charge in [0.1, 0.15) is 0 Å². The maximum Gasteiger partial charge on any atom is 0.224 e. The molecule has 4 nitrogen and oxygen atoms in total. The van der Waals surface area contributed by atoms with Crippen molar-refractivity contribution < 1.29 is 9.53 Å². The van der Waals surface area contributed by atoms with Gasteiger partial charge in [0.15, 0.2) is 0 Å².